The van der Waals surface area contributed by atoms with Crippen LogP contribution in [0.2, 0.25) is 0 Å². The Morgan fingerprint density at radius 2 is 1.75 bits per heavy atom. The average Bonchev–Trinajstić information content (AvgIpc) is 2.73. The minimum absolute atomic E-state index is 0. The molecule has 3 rings (SSSR count). The number of para-hydroxylation sites is 1. The zero-order valence-electron chi connectivity index (χ0n) is 16.7. The van der Waals surface area contributed by atoms with E-state index in [1.165, 1.54) is 0 Å². The first-order chi connectivity index (χ1) is 13.2. The van der Waals surface area contributed by atoms with Crippen LogP contribution in [0.15, 0.2) is 30.3 Å². The number of rotatable bonds is 5. The highest BCUT2D eigenvalue weighted by Gasteiger charge is 2.32. The Kier molecular flexibility index (Phi) is 9.06. The second-order valence-corrected chi connectivity index (χ2v) is 7.66. The van der Waals surface area contributed by atoms with E-state index in [4.69, 9.17) is 0 Å². The lowest BCUT2D eigenvalue weighted by Gasteiger charge is -2.38. The van der Waals surface area contributed by atoms with Crippen LogP contribution in [0.5, 0.6) is 0 Å². The fraction of sp³-hybridized carbons (Fsp3) is 0.619. The smallest absolute Gasteiger partial charge is 0.321 e. The van der Waals surface area contributed by atoms with Crippen molar-refractivity contribution in [2.24, 2.45) is 11.8 Å². The van der Waals surface area contributed by atoms with Crippen LogP contribution in [-0.2, 0) is 4.79 Å². The van der Waals surface area contributed by atoms with E-state index < -0.39 is 0 Å². The van der Waals surface area contributed by atoms with Crippen molar-refractivity contribution in [2.45, 2.75) is 32.6 Å². The summed E-state index contributed by atoms with van der Waals surface area (Å²) in [5.41, 5.74) is 0.790. The Balaban J connectivity index is 0.00000280. The highest BCUT2D eigenvalue weighted by Crippen LogP contribution is 2.23. The second kappa shape index (κ2) is 11.3. The maximum Gasteiger partial charge on any atom is 0.321 e. The number of hydrogen-bond acceptors (Lipinski definition) is 3. The van der Waals surface area contributed by atoms with E-state index in [-0.39, 0.29) is 30.3 Å². The maximum absolute atomic E-state index is 13.0. The Hall–Kier alpha value is -1.79. The lowest BCUT2D eigenvalue weighted by molar-refractivity contribution is -0.138. The number of benzene rings is 1. The number of nitrogens with zero attached hydrogens (tertiary/aromatic N) is 2. The van der Waals surface area contributed by atoms with Gasteiger partial charge in [0.05, 0.1) is 5.92 Å². The van der Waals surface area contributed by atoms with Gasteiger partial charge >= 0.3 is 6.03 Å². The molecule has 0 bridgehead atoms. The molecule has 6 nitrogen and oxygen atoms in total. The first kappa shape index (κ1) is 22.5. The van der Waals surface area contributed by atoms with E-state index in [0.29, 0.717) is 19.0 Å². The molecule has 0 aliphatic carbocycles. The molecule has 0 spiro atoms. The van der Waals surface area contributed by atoms with E-state index in [1.807, 2.05) is 35.2 Å². The summed E-state index contributed by atoms with van der Waals surface area (Å²) in [5, 5.41) is 6.34. The van der Waals surface area contributed by atoms with Gasteiger partial charge in [-0.15, -0.1) is 12.4 Å². The molecule has 0 radical (unpaired) electrons. The number of hydrogen-bond donors (Lipinski definition) is 2. The van der Waals surface area contributed by atoms with Crippen LogP contribution in [-0.4, -0.2) is 61.0 Å². The summed E-state index contributed by atoms with van der Waals surface area (Å²) in [7, 11) is 0. The predicted octanol–water partition coefficient (Wildman–Crippen LogP) is 3.20. The van der Waals surface area contributed by atoms with Crippen molar-refractivity contribution in [2.75, 3.05) is 44.6 Å². The van der Waals surface area contributed by atoms with Gasteiger partial charge < -0.3 is 20.4 Å². The van der Waals surface area contributed by atoms with Gasteiger partial charge in [0.2, 0.25) is 5.91 Å². The first-order valence-corrected chi connectivity index (χ1v) is 10.3. The predicted molar refractivity (Wildman–Crippen MR) is 115 cm³/mol. The van der Waals surface area contributed by atoms with E-state index in [2.05, 4.69) is 17.6 Å². The van der Waals surface area contributed by atoms with Gasteiger partial charge in [0.1, 0.15) is 0 Å². The van der Waals surface area contributed by atoms with Crippen LogP contribution < -0.4 is 10.6 Å². The van der Waals surface area contributed by atoms with E-state index in [1.54, 1.807) is 4.90 Å². The quantitative estimate of drug-likeness (QED) is 0.786. The molecule has 1 unspecified atom stereocenters. The molecule has 2 saturated heterocycles. The molecule has 2 heterocycles. The number of anilines is 1. The normalized spacial score (nSPS) is 20.4. The maximum atomic E-state index is 13.0. The van der Waals surface area contributed by atoms with Gasteiger partial charge in [-0.1, -0.05) is 25.1 Å². The third kappa shape index (κ3) is 6.11. The molecule has 1 aromatic rings. The van der Waals surface area contributed by atoms with Crippen molar-refractivity contribution in [1.82, 2.24) is 15.1 Å². The average molecular weight is 409 g/mol. The first-order valence-electron chi connectivity index (χ1n) is 10.3. The van der Waals surface area contributed by atoms with Gasteiger partial charge in [-0.3, -0.25) is 4.79 Å². The zero-order valence-corrected chi connectivity index (χ0v) is 17.5. The van der Waals surface area contributed by atoms with Crippen LogP contribution in [0.25, 0.3) is 0 Å². The molecule has 1 aromatic carbocycles. The van der Waals surface area contributed by atoms with Crippen molar-refractivity contribution in [3.8, 4) is 0 Å². The molecular weight excluding hydrogens is 376 g/mol. The summed E-state index contributed by atoms with van der Waals surface area (Å²) in [5.74, 6) is 0.841. The summed E-state index contributed by atoms with van der Waals surface area (Å²) in [6.45, 7) is 7.12. The lowest BCUT2D eigenvalue weighted by atomic mass is 9.93. The number of carbonyl (C=O) groups is 2. The highest BCUT2D eigenvalue weighted by molar-refractivity contribution is 5.90. The van der Waals surface area contributed by atoms with Crippen molar-refractivity contribution in [3.63, 3.8) is 0 Å². The number of piperidine rings is 2. The van der Waals surface area contributed by atoms with Crippen LogP contribution >= 0.6 is 12.4 Å². The molecule has 28 heavy (non-hydrogen) atoms. The summed E-state index contributed by atoms with van der Waals surface area (Å²) in [6.07, 6.45) is 3.91. The summed E-state index contributed by atoms with van der Waals surface area (Å²) >= 11 is 0. The molecule has 2 fully saturated rings. The molecule has 0 aromatic heterocycles. The SMILES string of the molecule is CCNCC1CCN(C(=O)C2CCCN(C(=O)Nc3ccccc3)C2)CC1.Cl. The molecule has 2 aliphatic rings. The summed E-state index contributed by atoms with van der Waals surface area (Å²) < 4.78 is 0. The van der Waals surface area contributed by atoms with Gasteiger partial charge in [0, 0.05) is 31.9 Å². The molecule has 156 valence electrons. The Bertz CT molecular complexity index is 620. The summed E-state index contributed by atoms with van der Waals surface area (Å²) in [4.78, 5) is 29.3. The lowest BCUT2D eigenvalue weighted by Crippen LogP contribution is -2.49. The van der Waals surface area contributed by atoms with Crippen LogP contribution in [0.3, 0.4) is 0 Å². The third-order valence-corrected chi connectivity index (χ3v) is 5.69. The van der Waals surface area contributed by atoms with Crippen molar-refractivity contribution in [1.29, 1.82) is 0 Å². The van der Waals surface area contributed by atoms with Gasteiger partial charge in [-0.2, -0.15) is 0 Å². The van der Waals surface area contributed by atoms with Gasteiger partial charge in [-0.25, -0.2) is 4.79 Å². The van der Waals surface area contributed by atoms with Crippen molar-refractivity contribution < 1.29 is 9.59 Å². The summed E-state index contributed by atoms with van der Waals surface area (Å²) in [6, 6.07) is 9.37. The second-order valence-electron chi connectivity index (χ2n) is 7.66. The third-order valence-electron chi connectivity index (χ3n) is 5.69. The fourth-order valence-electron chi connectivity index (χ4n) is 4.05. The number of nitrogens with one attached hydrogen (secondary N) is 2. The number of urea groups is 1. The minimum atomic E-state index is -0.108. The minimum Gasteiger partial charge on any atom is -0.342 e. The fourth-order valence-corrected chi connectivity index (χ4v) is 4.05. The number of carbonyl (C=O) groups excluding carboxylic acids is 2. The Labute approximate surface area is 174 Å². The number of halogens is 1. The van der Waals surface area contributed by atoms with Crippen LogP contribution in [0.1, 0.15) is 32.6 Å². The van der Waals surface area contributed by atoms with Crippen LogP contribution in [0.4, 0.5) is 10.5 Å². The highest BCUT2D eigenvalue weighted by atomic mass is 35.5. The standard InChI is InChI=1S/C21H32N4O2.ClH/c1-2-22-15-17-10-13-24(14-11-17)20(26)18-7-6-12-25(16-18)21(27)23-19-8-4-3-5-9-19;/h3-5,8-9,17-18,22H,2,6-7,10-16H2,1H3,(H,23,27);1H. The largest absolute Gasteiger partial charge is 0.342 e. The Morgan fingerprint density at radius 1 is 1.04 bits per heavy atom. The van der Waals surface area contributed by atoms with E-state index in [0.717, 1.165) is 57.5 Å². The molecular formula is C21H33ClN4O2. The number of likely N-dealkylation sites (tertiary alicyclic amines) is 2. The van der Waals surface area contributed by atoms with Crippen molar-refractivity contribution >= 4 is 30.0 Å². The van der Waals surface area contributed by atoms with Gasteiger partial charge in [0.25, 0.3) is 0 Å². The zero-order chi connectivity index (χ0) is 19.1. The van der Waals surface area contributed by atoms with Crippen molar-refractivity contribution in [3.05, 3.63) is 30.3 Å². The molecule has 2 N–H and O–H groups in total. The molecule has 0 saturated carbocycles. The monoisotopic (exact) mass is 408 g/mol. The number of amides is 3. The molecule has 2 aliphatic heterocycles. The Morgan fingerprint density at radius 3 is 2.43 bits per heavy atom. The molecule has 7 heteroatoms. The molecule has 3 amide bonds. The van der Waals surface area contributed by atoms with Crippen LogP contribution in [0, 0.1) is 11.8 Å². The molecule has 1 atom stereocenters. The van der Waals surface area contributed by atoms with Gasteiger partial charge in [-0.05, 0) is 56.8 Å². The topological polar surface area (TPSA) is 64.7 Å². The van der Waals surface area contributed by atoms with E-state index in [9.17, 15) is 9.59 Å². The van der Waals surface area contributed by atoms with E-state index >= 15 is 0 Å². The van der Waals surface area contributed by atoms with Gasteiger partial charge in [0.15, 0.2) is 0 Å².